The first-order valence-corrected chi connectivity index (χ1v) is 8.01. The molecule has 0 aromatic heterocycles. The van der Waals surface area contributed by atoms with Gasteiger partial charge in [0.15, 0.2) is 0 Å². The van der Waals surface area contributed by atoms with Crippen LogP contribution in [0.5, 0.6) is 5.75 Å². The van der Waals surface area contributed by atoms with Gasteiger partial charge < -0.3 is 10.1 Å². The molecule has 0 aliphatic carbocycles. The largest absolute Gasteiger partial charge is 0.496 e. The molecule has 1 atom stereocenters. The van der Waals surface area contributed by atoms with Crippen LogP contribution in [0, 0.1) is 5.41 Å². The first-order chi connectivity index (χ1) is 9.43. The lowest BCUT2D eigenvalue weighted by Gasteiger charge is -2.43. The second kappa shape index (κ2) is 9.33. The Kier molecular flexibility index (Phi) is 9.33. The molecule has 22 heavy (non-hydrogen) atoms. The van der Waals surface area contributed by atoms with E-state index >= 15 is 0 Å². The van der Waals surface area contributed by atoms with E-state index in [0.717, 1.165) is 36.4 Å². The predicted octanol–water partition coefficient (Wildman–Crippen LogP) is 4.29. The first-order valence-electron chi connectivity index (χ1n) is 7.21. The number of benzene rings is 1. The van der Waals surface area contributed by atoms with Gasteiger partial charge in [0.2, 0.25) is 0 Å². The minimum absolute atomic E-state index is 0. The summed E-state index contributed by atoms with van der Waals surface area (Å²) < 4.78 is 6.71. The van der Waals surface area contributed by atoms with Crippen molar-refractivity contribution in [3.8, 4) is 5.75 Å². The molecule has 0 bridgehead atoms. The maximum Gasteiger partial charge on any atom is 0.123 e. The smallest absolute Gasteiger partial charge is 0.123 e. The Balaban J connectivity index is 0.00000220. The minimum atomic E-state index is 0. The molecule has 0 amide bonds. The Labute approximate surface area is 155 Å². The molecule has 0 spiro atoms. The van der Waals surface area contributed by atoms with Crippen molar-refractivity contribution in [3.63, 3.8) is 0 Å². The molecule has 1 aromatic carbocycles. The summed E-state index contributed by atoms with van der Waals surface area (Å²) in [7, 11) is 1.75. The van der Waals surface area contributed by atoms with E-state index in [0.29, 0.717) is 6.04 Å². The van der Waals surface area contributed by atoms with Crippen molar-refractivity contribution in [1.29, 1.82) is 0 Å². The SMILES string of the molecule is COc1ccc(Br)cc1[C@H](N1CCNCC1)C(C)(C)C.Cl.Cl. The predicted molar refractivity (Wildman–Crippen MR) is 102 cm³/mol. The normalized spacial score (nSPS) is 17.1. The zero-order chi connectivity index (χ0) is 14.8. The van der Waals surface area contributed by atoms with E-state index < -0.39 is 0 Å². The molecule has 1 heterocycles. The van der Waals surface area contributed by atoms with E-state index in [1.807, 2.05) is 6.07 Å². The summed E-state index contributed by atoms with van der Waals surface area (Å²) >= 11 is 3.60. The van der Waals surface area contributed by atoms with Gasteiger partial charge >= 0.3 is 0 Å². The van der Waals surface area contributed by atoms with E-state index in [-0.39, 0.29) is 30.2 Å². The summed E-state index contributed by atoms with van der Waals surface area (Å²) in [6.07, 6.45) is 0. The number of hydrogen-bond donors (Lipinski definition) is 1. The van der Waals surface area contributed by atoms with Crippen LogP contribution in [0.3, 0.4) is 0 Å². The summed E-state index contributed by atoms with van der Waals surface area (Å²) in [5.74, 6) is 0.978. The Morgan fingerprint density at radius 3 is 2.27 bits per heavy atom. The van der Waals surface area contributed by atoms with Crippen molar-refractivity contribution >= 4 is 40.7 Å². The summed E-state index contributed by atoms with van der Waals surface area (Å²) in [5, 5.41) is 3.43. The number of nitrogens with one attached hydrogen (secondary N) is 1. The van der Waals surface area contributed by atoms with Crippen molar-refractivity contribution in [2.24, 2.45) is 5.41 Å². The Morgan fingerprint density at radius 2 is 1.77 bits per heavy atom. The number of ether oxygens (including phenoxy) is 1. The van der Waals surface area contributed by atoms with Gasteiger partial charge in [0, 0.05) is 42.3 Å². The number of nitrogens with zero attached hydrogens (tertiary/aromatic N) is 1. The zero-order valence-corrected chi connectivity index (χ0v) is 16.9. The number of methoxy groups -OCH3 is 1. The van der Waals surface area contributed by atoms with E-state index in [1.54, 1.807) is 7.11 Å². The summed E-state index contributed by atoms with van der Waals surface area (Å²) in [6, 6.07) is 6.66. The zero-order valence-electron chi connectivity index (χ0n) is 13.7. The van der Waals surface area contributed by atoms with Gasteiger partial charge in [0.1, 0.15) is 5.75 Å². The summed E-state index contributed by atoms with van der Waals surface area (Å²) in [6.45, 7) is 11.2. The van der Waals surface area contributed by atoms with Crippen LogP contribution < -0.4 is 10.1 Å². The quantitative estimate of drug-likeness (QED) is 0.799. The van der Waals surface area contributed by atoms with Crippen LogP contribution >= 0.6 is 40.7 Å². The lowest BCUT2D eigenvalue weighted by Crippen LogP contribution is -2.48. The number of hydrogen-bond acceptors (Lipinski definition) is 3. The van der Waals surface area contributed by atoms with Gasteiger partial charge in [-0.2, -0.15) is 0 Å². The van der Waals surface area contributed by atoms with Crippen LogP contribution in [0.1, 0.15) is 32.4 Å². The molecule has 0 saturated carbocycles. The van der Waals surface area contributed by atoms with E-state index in [9.17, 15) is 0 Å². The van der Waals surface area contributed by atoms with Crippen LogP contribution in [0.4, 0.5) is 0 Å². The van der Waals surface area contributed by atoms with Crippen molar-refractivity contribution in [2.75, 3.05) is 33.3 Å². The maximum absolute atomic E-state index is 5.60. The second-order valence-corrected chi connectivity index (χ2v) is 7.36. The highest BCUT2D eigenvalue weighted by Crippen LogP contribution is 2.42. The highest BCUT2D eigenvalue weighted by atomic mass is 79.9. The molecule has 0 radical (unpaired) electrons. The monoisotopic (exact) mass is 412 g/mol. The van der Waals surface area contributed by atoms with Gasteiger partial charge in [-0.05, 0) is 23.6 Å². The lowest BCUT2D eigenvalue weighted by molar-refractivity contribution is 0.0841. The average molecular weight is 414 g/mol. The van der Waals surface area contributed by atoms with Crippen molar-refractivity contribution in [1.82, 2.24) is 10.2 Å². The molecule has 3 nitrogen and oxygen atoms in total. The van der Waals surface area contributed by atoms with Crippen LogP contribution in [0.15, 0.2) is 22.7 Å². The fraction of sp³-hybridized carbons (Fsp3) is 0.625. The average Bonchev–Trinajstić information content (AvgIpc) is 2.39. The van der Waals surface area contributed by atoms with Crippen molar-refractivity contribution in [2.45, 2.75) is 26.8 Å². The Morgan fingerprint density at radius 1 is 1.18 bits per heavy atom. The molecule has 1 aliphatic rings. The van der Waals surface area contributed by atoms with E-state index in [4.69, 9.17) is 4.74 Å². The van der Waals surface area contributed by atoms with Gasteiger partial charge in [-0.1, -0.05) is 36.7 Å². The molecule has 1 aromatic rings. The molecular weight excluding hydrogens is 387 g/mol. The number of halogens is 3. The van der Waals surface area contributed by atoms with Crippen LogP contribution in [-0.4, -0.2) is 38.2 Å². The first kappa shape index (κ1) is 22.0. The number of rotatable bonds is 3. The van der Waals surface area contributed by atoms with Crippen molar-refractivity contribution < 1.29 is 4.74 Å². The maximum atomic E-state index is 5.60. The second-order valence-electron chi connectivity index (χ2n) is 6.44. The van der Waals surface area contributed by atoms with Gasteiger partial charge in [-0.3, -0.25) is 4.90 Å². The highest BCUT2D eigenvalue weighted by molar-refractivity contribution is 9.10. The molecule has 6 heteroatoms. The Bertz CT molecular complexity index is 460. The van der Waals surface area contributed by atoms with Gasteiger partial charge in [0.05, 0.1) is 7.11 Å². The molecule has 128 valence electrons. The van der Waals surface area contributed by atoms with E-state index in [2.05, 4.69) is 59.1 Å². The standard InChI is InChI=1S/C16H25BrN2O.2ClH/c1-16(2,3)15(19-9-7-18-8-10-19)13-11-12(17)5-6-14(13)20-4;;/h5-6,11,15,18H,7-10H2,1-4H3;2*1H/t15-;;/m0../s1. The molecule has 0 unspecified atom stereocenters. The Hall–Kier alpha value is -0.000000000000000222. The van der Waals surface area contributed by atoms with E-state index in [1.165, 1.54) is 5.56 Å². The van der Waals surface area contributed by atoms with Crippen LogP contribution in [0.25, 0.3) is 0 Å². The third-order valence-electron chi connectivity index (χ3n) is 3.82. The fourth-order valence-corrected chi connectivity index (χ4v) is 3.45. The third kappa shape index (κ3) is 5.27. The minimum Gasteiger partial charge on any atom is -0.496 e. The highest BCUT2D eigenvalue weighted by Gasteiger charge is 2.34. The molecular formula is C16H27BrCl2N2O. The van der Waals surface area contributed by atoms with Crippen LogP contribution in [-0.2, 0) is 0 Å². The third-order valence-corrected chi connectivity index (χ3v) is 4.32. The van der Waals surface area contributed by atoms with Gasteiger partial charge in [-0.25, -0.2) is 0 Å². The topological polar surface area (TPSA) is 24.5 Å². The molecule has 1 saturated heterocycles. The molecule has 1 N–H and O–H groups in total. The van der Waals surface area contributed by atoms with Gasteiger partial charge in [-0.15, -0.1) is 24.8 Å². The van der Waals surface area contributed by atoms with Gasteiger partial charge in [0.25, 0.3) is 0 Å². The summed E-state index contributed by atoms with van der Waals surface area (Å²) in [4.78, 5) is 2.57. The number of piperazine rings is 1. The fourth-order valence-electron chi connectivity index (χ4n) is 3.07. The van der Waals surface area contributed by atoms with Crippen LogP contribution in [0.2, 0.25) is 0 Å². The lowest BCUT2D eigenvalue weighted by atomic mass is 9.80. The summed E-state index contributed by atoms with van der Waals surface area (Å²) in [5.41, 5.74) is 1.43. The molecule has 1 aliphatic heterocycles. The van der Waals surface area contributed by atoms with Crippen molar-refractivity contribution in [3.05, 3.63) is 28.2 Å². The molecule has 1 fully saturated rings. The molecule has 2 rings (SSSR count).